The highest BCUT2D eigenvalue weighted by atomic mass is 32.2. The lowest BCUT2D eigenvalue weighted by Gasteiger charge is -2.21. The van der Waals surface area contributed by atoms with Crippen LogP contribution in [0.25, 0.3) is 22.3 Å². The summed E-state index contributed by atoms with van der Waals surface area (Å²) < 4.78 is 39.3. The first-order chi connectivity index (χ1) is 17.0. The second-order valence-corrected chi connectivity index (χ2v) is 10.4. The van der Waals surface area contributed by atoms with Crippen LogP contribution in [0, 0.1) is 12.8 Å². The van der Waals surface area contributed by atoms with E-state index in [0.29, 0.717) is 5.56 Å². The van der Waals surface area contributed by atoms with E-state index < -0.39 is 39.1 Å². The van der Waals surface area contributed by atoms with E-state index in [1.54, 1.807) is 50.2 Å². The summed E-state index contributed by atoms with van der Waals surface area (Å²) in [7, 11) is -4.00. The van der Waals surface area contributed by atoms with Gasteiger partial charge in [0.25, 0.3) is 0 Å². The molecular formula is C27H25NO7S. The molecule has 0 amide bonds. The summed E-state index contributed by atoms with van der Waals surface area (Å²) in [6, 6.07) is 17.7. The molecule has 2 N–H and O–H groups in total. The molecule has 36 heavy (non-hydrogen) atoms. The number of esters is 1. The number of phenols is 1. The molecule has 0 unspecified atom stereocenters. The first kappa shape index (κ1) is 25.2. The maximum atomic E-state index is 13.0. The molecule has 4 rings (SSSR count). The number of ether oxygens (including phenoxy) is 1. The zero-order chi connectivity index (χ0) is 26.0. The van der Waals surface area contributed by atoms with Gasteiger partial charge in [0.15, 0.2) is 5.43 Å². The van der Waals surface area contributed by atoms with Crippen LogP contribution in [0.15, 0.2) is 86.9 Å². The van der Waals surface area contributed by atoms with Gasteiger partial charge in [-0.1, -0.05) is 61.9 Å². The summed E-state index contributed by atoms with van der Waals surface area (Å²) in [6.07, 6.45) is 0. The molecule has 186 valence electrons. The van der Waals surface area contributed by atoms with Gasteiger partial charge in [-0.15, -0.1) is 0 Å². The summed E-state index contributed by atoms with van der Waals surface area (Å²) in [6.45, 7) is 5.18. The smallest absolute Gasteiger partial charge is 0.329 e. The van der Waals surface area contributed by atoms with Crippen LogP contribution in [0.3, 0.4) is 0 Å². The fourth-order valence-electron chi connectivity index (χ4n) is 3.64. The minimum Gasteiger partial charge on any atom is -0.507 e. The SMILES string of the molecule is Cc1ccc(S(=O)(=O)N[C@H](C(=O)Oc2cc(O)c3c(=O)cc(-c4ccccc4)oc3c2)C(C)C)cc1. The molecule has 0 aliphatic heterocycles. The van der Waals surface area contributed by atoms with Crippen molar-refractivity contribution in [2.45, 2.75) is 31.7 Å². The first-order valence-corrected chi connectivity index (χ1v) is 12.7. The largest absolute Gasteiger partial charge is 0.507 e. The summed E-state index contributed by atoms with van der Waals surface area (Å²) in [5.41, 5.74) is 1.11. The monoisotopic (exact) mass is 507 g/mol. The number of fused-ring (bicyclic) bond motifs is 1. The number of aryl methyl sites for hydroxylation is 1. The van der Waals surface area contributed by atoms with Gasteiger partial charge in [-0.25, -0.2) is 13.2 Å². The third-order valence-electron chi connectivity index (χ3n) is 5.59. The normalized spacial score (nSPS) is 12.6. The zero-order valence-electron chi connectivity index (χ0n) is 19.9. The fourth-order valence-corrected chi connectivity index (χ4v) is 4.97. The van der Waals surface area contributed by atoms with Gasteiger partial charge in [-0.2, -0.15) is 4.72 Å². The second kappa shape index (κ2) is 9.96. The molecule has 0 saturated heterocycles. The lowest BCUT2D eigenvalue weighted by Crippen LogP contribution is -2.46. The van der Waals surface area contributed by atoms with Crippen molar-refractivity contribution in [3.63, 3.8) is 0 Å². The van der Waals surface area contributed by atoms with E-state index in [1.165, 1.54) is 24.3 Å². The third kappa shape index (κ3) is 5.32. The van der Waals surface area contributed by atoms with Crippen LogP contribution >= 0.6 is 0 Å². The number of sulfonamides is 1. The Balaban J connectivity index is 1.64. The zero-order valence-corrected chi connectivity index (χ0v) is 20.7. The predicted molar refractivity (Wildman–Crippen MR) is 135 cm³/mol. The summed E-state index contributed by atoms with van der Waals surface area (Å²) >= 11 is 0. The molecule has 4 aromatic rings. The Kier molecular flexibility index (Phi) is 6.96. The van der Waals surface area contributed by atoms with Crippen LogP contribution in [0.1, 0.15) is 19.4 Å². The van der Waals surface area contributed by atoms with Crippen LogP contribution in [0.5, 0.6) is 11.5 Å². The maximum absolute atomic E-state index is 13.0. The van der Waals surface area contributed by atoms with E-state index in [2.05, 4.69) is 4.72 Å². The average Bonchev–Trinajstić information content (AvgIpc) is 2.82. The molecule has 1 aromatic heterocycles. The number of rotatable bonds is 7. The van der Waals surface area contributed by atoms with E-state index in [1.807, 2.05) is 13.0 Å². The van der Waals surface area contributed by atoms with Gasteiger partial charge in [0.1, 0.15) is 34.3 Å². The molecule has 3 aromatic carbocycles. The number of hydrogen-bond acceptors (Lipinski definition) is 7. The Morgan fingerprint density at radius 2 is 1.67 bits per heavy atom. The van der Waals surface area contributed by atoms with Gasteiger partial charge >= 0.3 is 5.97 Å². The van der Waals surface area contributed by atoms with Crippen molar-refractivity contribution in [1.82, 2.24) is 4.72 Å². The van der Waals surface area contributed by atoms with Gasteiger partial charge in [-0.3, -0.25) is 4.79 Å². The second-order valence-electron chi connectivity index (χ2n) is 8.73. The van der Waals surface area contributed by atoms with Gasteiger partial charge in [0, 0.05) is 23.8 Å². The number of hydrogen-bond donors (Lipinski definition) is 2. The fraction of sp³-hybridized carbons (Fsp3) is 0.185. The van der Waals surface area contributed by atoms with E-state index >= 15 is 0 Å². The molecular weight excluding hydrogens is 482 g/mol. The maximum Gasteiger partial charge on any atom is 0.329 e. The molecule has 0 aliphatic carbocycles. The molecule has 0 fully saturated rings. The highest BCUT2D eigenvalue weighted by molar-refractivity contribution is 7.89. The number of carbonyl (C=O) groups excluding carboxylic acids is 1. The molecule has 8 nitrogen and oxygen atoms in total. The summed E-state index contributed by atoms with van der Waals surface area (Å²) in [4.78, 5) is 25.6. The van der Waals surface area contributed by atoms with Crippen LogP contribution < -0.4 is 14.9 Å². The predicted octanol–water partition coefficient (Wildman–Crippen LogP) is 4.38. The first-order valence-electron chi connectivity index (χ1n) is 11.2. The van der Waals surface area contributed by atoms with Crippen LogP contribution in [-0.2, 0) is 14.8 Å². The lowest BCUT2D eigenvalue weighted by atomic mass is 10.1. The molecule has 0 aliphatic rings. The van der Waals surface area contributed by atoms with Gasteiger partial charge in [-0.05, 0) is 25.0 Å². The number of phenolic OH excluding ortho intramolecular Hbond substituents is 1. The van der Waals surface area contributed by atoms with E-state index in [0.717, 1.165) is 11.6 Å². The number of benzene rings is 3. The van der Waals surface area contributed by atoms with Crippen molar-refractivity contribution < 1.29 is 27.5 Å². The van der Waals surface area contributed by atoms with Gasteiger partial charge < -0.3 is 14.3 Å². The van der Waals surface area contributed by atoms with Crippen LogP contribution in [0.2, 0.25) is 0 Å². The summed E-state index contributed by atoms with van der Waals surface area (Å²) in [5, 5.41) is 10.4. The quantitative estimate of drug-likeness (QED) is 0.281. The number of carbonyl (C=O) groups is 1. The Morgan fingerprint density at radius 3 is 2.31 bits per heavy atom. The Hall–Kier alpha value is -3.95. The molecule has 1 heterocycles. The van der Waals surface area contributed by atoms with Crippen molar-refractivity contribution in [1.29, 1.82) is 0 Å². The average molecular weight is 508 g/mol. The Labute approximate surface area is 208 Å². The Morgan fingerprint density at radius 1 is 1.00 bits per heavy atom. The Bertz CT molecular complexity index is 1570. The molecule has 0 radical (unpaired) electrons. The number of nitrogens with one attached hydrogen (secondary N) is 1. The molecule has 0 saturated carbocycles. The van der Waals surface area contributed by atoms with Crippen molar-refractivity contribution in [2.75, 3.05) is 0 Å². The molecule has 1 atom stereocenters. The van der Waals surface area contributed by atoms with Crippen molar-refractivity contribution in [3.05, 3.63) is 88.6 Å². The van der Waals surface area contributed by atoms with Gasteiger partial charge in [0.2, 0.25) is 10.0 Å². The van der Waals surface area contributed by atoms with E-state index in [9.17, 15) is 23.1 Å². The highest BCUT2D eigenvalue weighted by Crippen LogP contribution is 2.31. The highest BCUT2D eigenvalue weighted by Gasteiger charge is 2.30. The van der Waals surface area contributed by atoms with Crippen molar-refractivity contribution in [2.24, 2.45) is 5.92 Å². The van der Waals surface area contributed by atoms with Crippen LogP contribution in [-0.4, -0.2) is 25.5 Å². The standard InChI is InChI=1S/C27H25NO7S/c1-16(2)26(28-36(32,33)20-11-9-17(3)10-12-20)27(31)34-19-13-21(29)25-22(30)15-23(35-24(25)14-19)18-7-5-4-6-8-18/h4-16,26,28-29H,1-3H3/t26-/m0/s1. The van der Waals surface area contributed by atoms with Crippen LogP contribution in [0.4, 0.5) is 0 Å². The molecule has 9 heteroatoms. The van der Waals surface area contributed by atoms with Crippen molar-refractivity contribution in [3.8, 4) is 22.8 Å². The van der Waals surface area contributed by atoms with Gasteiger partial charge in [0.05, 0.1) is 4.90 Å². The third-order valence-corrected chi connectivity index (χ3v) is 7.05. The molecule has 0 spiro atoms. The van der Waals surface area contributed by atoms with Crippen molar-refractivity contribution >= 4 is 27.0 Å². The van der Waals surface area contributed by atoms with E-state index in [4.69, 9.17) is 9.15 Å². The summed E-state index contributed by atoms with van der Waals surface area (Å²) in [5.74, 6) is -1.57. The minimum absolute atomic E-state index is 0.0186. The topological polar surface area (TPSA) is 123 Å². The van der Waals surface area contributed by atoms with E-state index in [-0.39, 0.29) is 27.4 Å². The molecule has 0 bridgehead atoms. The number of aromatic hydroxyl groups is 1. The lowest BCUT2D eigenvalue weighted by molar-refractivity contribution is -0.137. The minimum atomic E-state index is -4.00.